The molecule has 1 aromatic rings. The van der Waals surface area contributed by atoms with E-state index in [1.165, 1.54) is 56.2 Å². The van der Waals surface area contributed by atoms with Gasteiger partial charge in [0.15, 0.2) is 0 Å². The van der Waals surface area contributed by atoms with Gasteiger partial charge in [0.2, 0.25) is 0 Å². The summed E-state index contributed by atoms with van der Waals surface area (Å²) in [5.41, 5.74) is 2.78. The average Bonchev–Trinajstić information content (AvgIpc) is 3.07. The molecule has 0 saturated heterocycles. The minimum atomic E-state index is 0.414. The zero-order valence-electron chi connectivity index (χ0n) is 12.1. The lowest BCUT2D eigenvalue weighted by molar-refractivity contribution is 0.299. The summed E-state index contributed by atoms with van der Waals surface area (Å²) < 4.78 is 0. The number of aryl methyl sites for hydroxylation is 1. The van der Waals surface area contributed by atoms with Crippen LogP contribution in [0.4, 0.5) is 0 Å². The predicted molar refractivity (Wildman–Crippen MR) is 80.7 cm³/mol. The van der Waals surface area contributed by atoms with E-state index in [1.807, 2.05) is 12.1 Å². The molecule has 0 spiro atoms. The summed E-state index contributed by atoms with van der Waals surface area (Å²) in [6, 6.07) is 6.44. The van der Waals surface area contributed by atoms with E-state index in [4.69, 9.17) is 0 Å². The van der Waals surface area contributed by atoms with Gasteiger partial charge in [0.25, 0.3) is 0 Å². The molecular weight excluding hydrogens is 246 g/mol. The summed E-state index contributed by atoms with van der Waals surface area (Å²) in [6.07, 6.45) is 9.55. The Labute approximate surface area is 121 Å². The summed E-state index contributed by atoms with van der Waals surface area (Å²) in [6.45, 7) is 1.20. The van der Waals surface area contributed by atoms with E-state index >= 15 is 0 Å². The number of fused-ring (bicyclic) bond motifs is 3. The Bertz CT molecular complexity index is 498. The van der Waals surface area contributed by atoms with Gasteiger partial charge in [0, 0.05) is 6.04 Å². The summed E-state index contributed by atoms with van der Waals surface area (Å²) in [4.78, 5) is 0. The van der Waals surface area contributed by atoms with Crippen molar-refractivity contribution in [2.45, 2.75) is 51.0 Å². The van der Waals surface area contributed by atoms with Gasteiger partial charge in [-0.15, -0.1) is 0 Å². The number of nitrogens with one attached hydrogen (secondary N) is 1. The maximum absolute atomic E-state index is 9.63. The van der Waals surface area contributed by atoms with Gasteiger partial charge in [-0.25, -0.2) is 0 Å². The van der Waals surface area contributed by atoms with E-state index in [0.717, 1.165) is 24.2 Å². The van der Waals surface area contributed by atoms with Crippen molar-refractivity contribution in [1.82, 2.24) is 5.32 Å². The highest BCUT2D eigenvalue weighted by Crippen LogP contribution is 2.48. The first-order valence-corrected chi connectivity index (χ1v) is 8.35. The SMILES string of the molecule is Oc1ccc2c(c1)CCCC2NCC1CC2CCC1C2. The second-order valence-corrected chi connectivity index (χ2v) is 7.17. The predicted octanol–water partition coefficient (Wildman–Crippen LogP) is 3.80. The first-order valence-electron chi connectivity index (χ1n) is 8.35. The second kappa shape index (κ2) is 5.07. The number of phenolic OH excluding ortho intramolecular Hbond substituents is 1. The van der Waals surface area contributed by atoms with Gasteiger partial charge in [-0.1, -0.05) is 12.5 Å². The number of hydrogen-bond acceptors (Lipinski definition) is 2. The van der Waals surface area contributed by atoms with Crippen molar-refractivity contribution >= 4 is 0 Å². The molecule has 3 aliphatic rings. The molecule has 2 nitrogen and oxygen atoms in total. The van der Waals surface area contributed by atoms with Crippen molar-refractivity contribution in [1.29, 1.82) is 0 Å². The summed E-state index contributed by atoms with van der Waals surface area (Å²) in [5.74, 6) is 3.39. The maximum atomic E-state index is 9.63. The molecule has 2 bridgehead atoms. The first kappa shape index (κ1) is 12.7. The van der Waals surface area contributed by atoms with Gasteiger partial charge in [-0.3, -0.25) is 0 Å². The second-order valence-electron chi connectivity index (χ2n) is 7.17. The van der Waals surface area contributed by atoms with E-state index < -0.39 is 0 Å². The Hall–Kier alpha value is -1.02. The van der Waals surface area contributed by atoms with Crippen LogP contribution < -0.4 is 5.32 Å². The van der Waals surface area contributed by atoms with E-state index in [9.17, 15) is 5.11 Å². The fourth-order valence-electron chi connectivity index (χ4n) is 4.93. The van der Waals surface area contributed by atoms with Gasteiger partial charge < -0.3 is 10.4 Å². The molecule has 3 aliphatic carbocycles. The van der Waals surface area contributed by atoms with Crippen molar-refractivity contribution < 1.29 is 5.11 Å². The summed E-state index contributed by atoms with van der Waals surface area (Å²) in [5, 5.41) is 13.5. The molecule has 108 valence electrons. The lowest BCUT2D eigenvalue weighted by atomic mass is 9.85. The molecule has 4 unspecified atom stereocenters. The highest BCUT2D eigenvalue weighted by atomic mass is 16.3. The maximum Gasteiger partial charge on any atom is 0.115 e. The van der Waals surface area contributed by atoms with E-state index in [1.54, 1.807) is 0 Å². The molecule has 2 N–H and O–H groups in total. The van der Waals surface area contributed by atoms with Crippen molar-refractivity contribution in [3.05, 3.63) is 29.3 Å². The zero-order valence-corrected chi connectivity index (χ0v) is 12.1. The Balaban J connectivity index is 1.43. The molecule has 0 radical (unpaired) electrons. The van der Waals surface area contributed by atoms with Crippen LogP contribution in [-0.4, -0.2) is 11.7 Å². The lowest BCUT2D eigenvalue weighted by Crippen LogP contribution is -2.31. The Morgan fingerprint density at radius 2 is 2.10 bits per heavy atom. The van der Waals surface area contributed by atoms with Crippen LogP contribution in [0.2, 0.25) is 0 Å². The molecule has 1 aromatic carbocycles. The van der Waals surface area contributed by atoms with Crippen LogP contribution in [0.3, 0.4) is 0 Å². The number of hydrogen-bond donors (Lipinski definition) is 2. The van der Waals surface area contributed by atoms with Crippen molar-refractivity contribution in [3.8, 4) is 5.75 Å². The monoisotopic (exact) mass is 271 g/mol. The molecule has 0 aromatic heterocycles. The summed E-state index contributed by atoms with van der Waals surface area (Å²) in [7, 11) is 0. The molecule has 20 heavy (non-hydrogen) atoms. The van der Waals surface area contributed by atoms with Crippen molar-refractivity contribution in [2.24, 2.45) is 17.8 Å². The highest BCUT2D eigenvalue weighted by Gasteiger charge is 2.39. The standard InChI is InChI=1S/C18H25NO/c20-16-6-7-17-14(10-16)2-1-3-18(17)19-11-15-9-12-4-5-13(15)8-12/h6-7,10,12-13,15,18-20H,1-5,8-9,11H2. The third-order valence-corrected chi connectivity index (χ3v) is 5.95. The van der Waals surface area contributed by atoms with E-state index in [0.29, 0.717) is 11.8 Å². The highest BCUT2D eigenvalue weighted by molar-refractivity contribution is 5.38. The smallest absolute Gasteiger partial charge is 0.115 e. The molecule has 2 heteroatoms. The molecule has 0 amide bonds. The fraction of sp³-hybridized carbons (Fsp3) is 0.667. The van der Waals surface area contributed by atoms with Crippen LogP contribution >= 0.6 is 0 Å². The van der Waals surface area contributed by atoms with Gasteiger partial charge >= 0.3 is 0 Å². The molecular formula is C18H25NO. The zero-order chi connectivity index (χ0) is 13.5. The molecule has 0 aliphatic heterocycles. The molecule has 4 rings (SSSR count). The largest absolute Gasteiger partial charge is 0.508 e. The minimum absolute atomic E-state index is 0.414. The van der Waals surface area contributed by atoms with Crippen LogP contribution in [0.25, 0.3) is 0 Å². The first-order chi connectivity index (χ1) is 9.79. The third kappa shape index (κ3) is 2.24. The molecule has 0 heterocycles. The topological polar surface area (TPSA) is 32.3 Å². The molecule has 2 fully saturated rings. The average molecular weight is 271 g/mol. The quantitative estimate of drug-likeness (QED) is 0.876. The van der Waals surface area contributed by atoms with Gasteiger partial charge in [0.05, 0.1) is 0 Å². The van der Waals surface area contributed by atoms with Crippen LogP contribution in [0.1, 0.15) is 55.7 Å². The number of rotatable bonds is 3. The Kier molecular flexibility index (Phi) is 3.22. The van der Waals surface area contributed by atoms with Gasteiger partial charge in [-0.05, 0) is 86.1 Å². The lowest BCUT2D eigenvalue weighted by Gasteiger charge is -2.30. The van der Waals surface area contributed by atoms with Gasteiger partial charge in [0.1, 0.15) is 5.75 Å². The third-order valence-electron chi connectivity index (χ3n) is 5.95. The number of phenols is 1. The number of benzene rings is 1. The Morgan fingerprint density at radius 1 is 1.15 bits per heavy atom. The van der Waals surface area contributed by atoms with Crippen molar-refractivity contribution in [3.63, 3.8) is 0 Å². The normalized spacial score (nSPS) is 35.2. The fourth-order valence-corrected chi connectivity index (χ4v) is 4.93. The van der Waals surface area contributed by atoms with Crippen LogP contribution in [-0.2, 0) is 6.42 Å². The van der Waals surface area contributed by atoms with Crippen LogP contribution in [0.5, 0.6) is 5.75 Å². The van der Waals surface area contributed by atoms with Crippen LogP contribution in [0.15, 0.2) is 18.2 Å². The molecule has 4 atom stereocenters. The Morgan fingerprint density at radius 3 is 2.90 bits per heavy atom. The number of aromatic hydroxyl groups is 1. The van der Waals surface area contributed by atoms with E-state index in [-0.39, 0.29) is 0 Å². The minimum Gasteiger partial charge on any atom is -0.508 e. The van der Waals surface area contributed by atoms with Crippen molar-refractivity contribution in [2.75, 3.05) is 6.54 Å². The van der Waals surface area contributed by atoms with Gasteiger partial charge in [-0.2, -0.15) is 0 Å². The van der Waals surface area contributed by atoms with Crippen LogP contribution in [0, 0.1) is 17.8 Å². The molecule has 2 saturated carbocycles. The van der Waals surface area contributed by atoms with E-state index in [2.05, 4.69) is 11.4 Å². The summed E-state index contributed by atoms with van der Waals surface area (Å²) >= 11 is 0.